The van der Waals surface area contributed by atoms with Crippen LogP contribution in [0.15, 0.2) is 24.3 Å². The number of fused-ring (bicyclic) bond motifs is 1. The fraction of sp³-hybridized carbons (Fsp3) is 0.154. The monoisotopic (exact) mass is 290 g/mol. The van der Waals surface area contributed by atoms with E-state index in [9.17, 15) is 9.59 Å². The molecule has 1 aromatic carbocycles. The van der Waals surface area contributed by atoms with Crippen molar-refractivity contribution in [2.45, 2.75) is 6.42 Å². The Balaban J connectivity index is 2.26. The zero-order chi connectivity index (χ0) is 14.3. The number of hydrogen-bond donors (Lipinski definition) is 2. The molecule has 1 aliphatic rings. The Morgan fingerprint density at radius 3 is 2.95 bits per heavy atom. The molecule has 0 atom stereocenters. The molecule has 2 aromatic rings. The number of aromatic nitrogens is 2. The highest BCUT2D eigenvalue weighted by atomic mass is 35.5. The lowest BCUT2D eigenvalue weighted by Gasteiger charge is -2.14. The van der Waals surface area contributed by atoms with Crippen molar-refractivity contribution in [2.24, 2.45) is 5.73 Å². The van der Waals surface area contributed by atoms with Crippen molar-refractivity contribution in [1.82, 2.24) is 15.1 Å². The fourth-order valence-electron chi connectivity index (χ4n) is 2.30. The second-order valence-electron chi connectivity index (χ2n) is 4.44. The normalized spacial score (nSPS) is 13.8. The van der Waals surface area contributed by atoms with Gasteiger partial charge in [0.05, 0.1) is 5.69 Å². The van der Waals surface area contributed by atoms with Gasteiger partial charge >= 0.3 is 0 Å². The molecule has 7 heteroatoms. The van der Waals surface area contributed by atoms with E-state index >= 15 is 0 Å². The molecule has 1 aromatic heterocycles. The summed E-state index contributed by atoms with van der Waals surface area (Å²) in [4.78, 5) is 23.5. The molecule has 0 radical (unpaired) electrons. The molecular weight excluding hydrogens is 280 g/mol. The second-order valence-corrected chi connectivity index (χ2v) is 4.87. The number of halogens is 1. The molecule has 0 fully saturated rings. The van der Waals surface area contributed by atoms with E-state index in [-0.39, 0.29) is 11.6 Å². The van der Waals surface area contributed by atoms with Gasteiger partial charge in [0.15, 0.2) is 5.69 Å². The predicted octanol–water partition coefficient (Wildman–Crippen LogP) is 0.910. The van der Waals surface area contributed by atoms with Crippen molar-refractivity contribution in [3.05, 3.63) is 46.2 Å². The molecular formula is C13H11ClN4O2. The third kappa shape index (κ3) is 1.94. The van der Waals surface area contributed by atoms with Crippen LogP contribution in [-0.4, -0.2) is 28.1 Å². The minimum absolute atomic E-state index is 0.134. The molecule has 6 nitrogen and oxygen atoms in total. The van der Waals surface area contributed by atoms with Crippen LogP contribution < -0.4 is 11.1 Å². The Morgan fingerprint density at radius 1 is 1.45 bits per heavy atom. The minimum Gasteiger partial charge on any atom is -0.364 e. The van der Waals surface area contributed by atoms with Crippen molar-refractivity contribution in [3.63, 3.8) is 0 Å². The van der Waals surface area contributed by atoms with Crippen molar-refractivity contribution >= 4 is 23.4 Å². The maximum atomic E-state index is 12.0. The van der Waals surface area contributed by atoms with Crippen LogP contribution in [-0.2, 0) is 6.42 Å². The van der Waals surface area contributed by atoms with Crippen LogP contribution in [0.5, 0.6) is 0 Å². The molecule has 2 heterocycles. The molecule has 20 heavy (non-hydrogen) atoms. The van der Waals surface area contributed by atoms with E-state index in [1.54, 1.807) is 24.3 Å². The Labute approximate surface area is 119 Å². The molecule has 0 saturated heterocycles. The highest BCUT2D eigenvalue weighted by Gasteiger charge is 2.29. The van der Waals surface area contributed by atoms with Gasteiger partial charge in [-0.15, -0.1) is 0 Å². The van der Waals surface area contributed by atoms with Gasteiger partial charge in [0, 0.05) is 17.1 Å². The number of benzene rings is 1. The summed E-state index contributed by atoms with van der Waals surface area (Å²) < 4.78 is 1.41. The molecule has 0 spiro atoms. The van der Waals surface area contributed by atoms with Crippen LogP contribution in [0.4, 0.5) is 0 Å². The largest absolute Gasteiger partial charge is 0.364 e. The molecule has 0 saturated carbocycles. The minimum atomic E-state index is -0.642. The topological polar surface area (TPSA) is 90.0 Å². The number of primary amides is 1. The van der Waals surface area contributed by atoms with Crippen molar-refractivity contribution in [1.29, 1.82) is 0 Å². The smallest absolute Gasteiger partial charge is 0.270 e. The third-order valence-corrected chi connectivity index (χ3v) is 3.38. The zero-order valence-electron chi connectivity index (χ0n) is 10.4. The summed E-state index contributed by atoms with van der Waals surface area (Å²) in [6.45, 7) is 0.466. The van der Waals surface area contributed by atoms with E-state index in [0.717, 1.165) is 0 Å². The number of carbonyl (C=O) groups excluding carboxylic acids is 2. The van der Waals surface area contributed by atoms with Crippen molar-refractivity contribution in [3.8, 4) is 5.69 Å². The lowest BCUT2D eigenvalue weighted by atomic mass is 10.0. The second kappa shape index (κ2) is 4.64. The molecule has 102 valence electrons. The quantitative estimate of drug-likeness (QED) is 0.861. The van der Waals surface area contributed by atoms with E-state index in [4.69, 9.17) is 17.3 Å². The van der Waals surface area contributed by atoms with Gasteiger partial charge in [-0.1, -0.05) is 17.7 Å². The number of nitrogens with zero attached hydrogens (tertiary/aromatic N) is 2. The Morgan fingerprint density at radius 2 is 2.25 bits per heavy atom. The van der Waals surface area contributed by atoms with E-state index in [1.165, 1.54) is 4.68 Å². The highest BCUT2D eigenvalue weighted by molar-refractivity contribution is 6.30. The van der Waals surface area contributed by atoms with Crippen LogP contribution in [0.2, 0.25) is 5.02 Å². The highest BCUT2D eigenvalue weighted by Crippen LogP contribution is 2.23. The van der Waals surface area contributed by atoms with E-state index in [0.29, 0.717) is 34.9 Å². The summed E-state index contributed by atoms with van der Waals surface area (Å²) in [5.41, 5.74) is 7.00. The molecule has 0 aliphatic carbocycles. The van der Waals surface area contributed by atoms with Gasteiger partial charge in [0.25, 0.3) is 11.8 Å². The number of rotatable bonds is 2. The van der Waals surface area contributed by atoms with Crippen LogP contribution in [0.1, 0.15) is 26.5 Å². The first-order valence-corrected chi connectivity index (χ1v) is 6.41. The summed E-state index contributed by atoms with van der Waals surface area (Å²) >= 11 is 5.95. The Hall–Kier alpha value is -2.34. The van der Waals surface area contributed by atoms with Crippen molar-refractivity contribution in [2.75, 3.05) is 6.54 Å². The predicted molar refractivity (Wildman–Crippen MR) is 73.1 cm³/mol. The van der Waals surface area contributed by atoms with Gasteiger partial charge in [-0.25, -0.2) is 4.68 Å². The van der Waals surface area contributed by atoms with Gasteiger partial charge in [-0.3, -0.25) is 9.59 Å². The molecule has 0 bridgehead atoms. The molecule has 1 aliphatic heterocycles. The maximum absolute atomic E-state index is 12.0. The molecule has 2 amide bonds. The average molecular weight is 291 g/mol. The number of hydrogen-bond acceptors (Lipinski definition) is 3. The first-order chi connectivity index (χ1) is 9.58. The third-order valence-electron chi connectivity index (χ3n) is 3.15. The first kappa shape index (κ1) is 12.7. The summed E-state index contributed by atoms with van der Waals surface area (Å²) in [6, 6.07) is 6.89. The van der Waals surface area contributed by atoms with E-state index < -0.39 is 5.91 Å². The SMILES string of the molecule is NC(=O)c1nn(-c2cccc(Cl)c2)c2c1CCNC2=O. The fourth-order valence-corrected chi connectivity index (χ4v) is 2.48. The zero-order valence-corrected chi connectivity index (χ0v) is 11.1. The first-order valence-electron chi connectivity index (χ1n) is 6.04. The average Bonchev–Trinajstić information content (AvgIpc) is 2.80. The maximum Gasteiger partial charge on any atom is 0.270 e. The molecule has 0 unspecified atom stereocenters. The number of amides is 2. The number of carbonyl (C=O) groups is 2. The summed E-state index contributed by atoms with van der Waals surface area (Å²) in [7, 11) is 0. The van der Waals surface area contributed by atoms with Gasteiger partial charge in [-0.05, 0) is 24.6 Å². The Bertz CT molecular complexity index is 723. The van der Waals surface area contributed by atoms with Gasteiger partial charge in [-0.2, -0.15) is 5.10 Å². The van der Waals surface area contributed by atoms with Gasteiger partial charge in [0.2, 0.25) is 0 Å². The van der Waals surface area contributed by atoms with E-state index in [1.807, 2.05) is 0 Å². The van der Waals surface area contributed by atoms with Gasteiger partial charge in [0.1, 0.15) is 5.69 Å². The van der Waals surface area contributed by atoms with Crippen LogP contribution in [0.25, 0.3) is 5.69 Å². The molecule has 3 N–H and O–H groups in total. The lowest BCUT2D eigenvalue weighted by Crippen LogP contribution is -2.33. The van der Waals surface area contributed by atoms with Crippen molar-refractivity contribution < 1.29 is 9.59 Å². The Kier molecular flexibility index (Phi) is 2.94. The lowest BCUT2D eigenvalue weighted by molar-refractivity contribution is 0.0938. The number of nitrogens with two attached hydrogens (primary N) is 1. The summed E-state index contributed by atoms with van der Waals surface area (Å²) in [6.07, 6.45) is 0.528. The number of nitrogens with one attached hydrogen (secondary N) is 1. The van der Waals surface area contributed by atoms with E-state index in [2.05, 4.69) is 10.4 Å². The summed E-state index contributed by atoms with van der Waals surface area (Å²) in [5.74, 6) is -0.914. The van der Waals surface area contributed by atoms with Gasteiger partial charge < -0.3 is 11.1 Å². The summed E-state index contributed by atoms with van der Waals surface area (Å²) in [5, 5.41) is 7.42. The molecule has 3 rings (SSSR count). The van der Waals surface area contributed by atoms with Crippen LogP contribution in [0, 0.1) is 0 Å². The van der Waals surface area contributed by atoms with Crippen LogP contribution >= 0.6 is 11.6 Å². The van der Waals surface area contributed by atoms with Crippen LogP contribution in [0.3, 0.4) is 0 Å². The standard InChI is InChI=1S/C13H11ClN4O2/c14-7-2-1-3-8(6-7)18-11-9(4-5-16-13(11)20)10(17-18)12(15)19/h1-3,6H,4-5H2,(H2,15,19)(H,16,20).